The number of rotatable bonds is 8. The molecule has 6 nitrogen and oxygen atoms in total. The SMILES string of the molecule is CCNC(=NCc1ccccc1CN1CC(C)OC(C)C1)NCC(C)(O)c1ccccc1. The normalized spacial score (nSPS) is 21.7. The molecule has 0 aromatic heterocycles. The van der Waals surface area contributed by atoms with Gasteiger partial charge >= 0.3 is 0 Å². The molecule has 0 bridgehead atoms. The van der Waals surface area contributed by atoms with Crippen molar-refractivity contribution in [2.24, 2.45) is 4.99 Å². The van der Waals surface area contributed by atoms with E-state index in [0.717, 1.165) is 31.7 Å². The number of aliphatic imine (C=N–C) groups is 1. The fourth-order valence-corrected chi connectivity index (χ4v) is 4.18. The molecule has 3 N–H and O–H groups in total. The molecule has 1 aliphatic rings. The fourth-order valence-electron chi connectivity index (χ4n) is 4.18. The highest BCUT2D eigenvalue weighted by Crippen LogP contribution is 2.19. The van der Waals surface area contributed by atoms with Gasteiger partial charge in [-0.25, -0.2) is 4.99 Å². The van der Waals surface area contributed by atoms with Crippen molar-refractivity contribution in [2.75, 3.05) is 26.2 Å². The summed E-state index contributed by atoms with van der Waals surface area (Å²) in [4.78, 5) is 7.26. The Hall–Kier alpha value is -2.41. The van der Waals surface area contributed by atoms with Gasteiger partial charge in [-0.1, -0.05) is 54.6 Å². The monoisotopic (exact) mass is 438 g/mol. The molecule has 1 saturated heterocycles. The van der Waals surface area contributed by atoms with Crippen LogP contribution in [-0.2, 0) is 23.4 Å². The Labute approximate surface area is 192 Å². The Morgan fingerprint density at radius 3 is 2.31 bits per heavy atom. The average Bonchev–Trinajstić information content (AvgIpc) is 2.76. The van der Waals surface area contributed by atoms with E-state index in [1.807, 2.05) is 44.2 Å². The lowest BCUT2D eigenvalue weighted by molar-refractivity contribution is -0.0705. The predicted molar refractivity (Wildman–Crippen MR) is 131 cm³/mol. The van der Waals surface area contributed by atoms with E-state index < -0.39 is 5.60 Å². The lowest BCUT2D eigenvalue weighted by Gasteiger charge is -2.35. The molecule has 2 aromatic rings. The van der Waals surface area contributed by atoms with Crippen LogP contribution in [0.15, 0.2) is 59.6 Å². The number of hydrogen-bond donors (Lipinski definition) is 3. The second-order valence-corrected chi connectivity index (χ2v) is 8.91. The van der Waals surface area contributed by atoms with Crippen LogP contribution >= 0.6 is 0 Å². The summed E-state index contributed by atoms with van der Waals surface area (Å²) in [5.41, 5.74) is 2.40. The minimum atomic E-state index is -0.987. The molecule has 0 spiro atoms. The summed E-state index contributed by atoms with van der Waals surface area (Å²) in [6, 6.07) is 18.2. The smallest absolute Gasteiger partial charge is 0.191 e. The standard InChI is InChI=1S/C26H38N4O2/c1-5-27-25(29-19-26(4,31)24-13-7-6-8-14-24)28-15-22-11-9-10-12-23(22)18-30-16-20(2)32-21(3)17-30/h6-14,20-21,31H,5,15-19H2,1-4H3,(H2,27,28,29). The molecule has 1 heterocycles. The van der Waals surface area contributed by atoms with Crippen LogP contribution in [0.1, 0.15) is 44.4 Å². The highest BCUT2D eigenvalue weighted by molar-refractivity contribution is 5.79. The number of aliphatic hydroxyl groups is 1. The van der Waals surface area contributed by atoms with Crippen LogP contribution in [0.25, 0.3) is 0 Å². The summed E-state index contributed by atoms with van der Waals surface area (Å²) in [6.07, 6.45) is 0.511. The van der Waals surface area contributed by atoms with Gasteiger partial charge in [0.25, 0.3) is 0 Å². The molecule has 0 saturated carbocycles. The first-order valence-electron chi connectivity index (χ1n) is 11.6. The number of benzene rings is 2. The van der Waals surface area contributed by atoms with E-state index in [1.54, 1.807) is 0 Å². The first-order chi connectivity index (χ1) is 15.4. The Kier molecular flexibility index (Phi) is 8.67. The summed E-state index contributed by atoms with van der Waals surface area (Å²) in [7, 11) is 0. The van der Waals surface area contributed by atoms with E-state index in [4.69, 9.17) is 9.73 Å². The maximum atomic E-state index is 10.9. The summed E-state index contributed by atoms with van der Waals surface area (Å²) >= 11 is 0. The Bertz CT molecular complexity index is 859. The number of nitrogens with zero attached hydrogens (tertiary/aromatic N) is 2. The van der Waals surface area contributed by atoms with Crippen LogP contribution in [0.3, 0.4) is 0 Å². The molecule has 32 heavy (non-hydrogen) atoms. The molecule has 1 fully saturated rings. The zero-order chi connectivity index (χ0) is 23.0. The number of hydrogen-bond acceptors (Lipinski definition) is 4. The Morgan fingerprint density at radius 1 is 1.03 bits per heavy atom. The fraction of sp³-hybridized carbons (Fsp3) is 0.500. The maximum Gasteiger partial charge on any atom is 0.191 e. The zero-order valence-corrected chi connectivity index (χ0v) is 19.8. The van der Waals surface area contributed by atoms with Gasteiger partial charge in [0.1, 0.15) is 5.60 Å². The number of guanidine groups is 1. The second-order valence-electron chi connectivity index (χ2n) is 8.91. The van der Waals surface area contributed by atoms with Crippen LogP contribution in [0.2, 0.25) is 0 Å². The zero-order valence-electron chi connectivity index (χ0n) is 19.8. The van der Waals surface area contributed by atoms with Gasteiger partial charge in [-0.15, -0.1) is 0 Å². The molecule has 0 amide bonds. The van der Waals surface area contributed by atoms with Gasteiger partial charge < -0.3 is 20.5 Å². The first kappa shape index (κ1) is 24.2. The predicted octanol–water partition coefficient (Wildman–Crippen LogP) is 3.26. The third-order valence-corrected chi connectivity index (χ3v) is 5.76. The van der Waals surface area contributed by atoms with Crippen LogP contribution < -0.4 is 10.6 Å². The van der Waals surface area contributed by atoms with Crippen molar-refractivity contribution in [3.8, 4) is 0 Å². The van der Waals surface area contributed by atoms with E-state index in [2.05, 4.69) is 53.6 Å². The van der Waals surface area contributed by atoms with Gasteiger partial charge in [-0.2, -0.15) is 0 Å². The molecule has 3 atom stereocenters. The molecule has 6 heteroatoms. The summed E-state index contributed by atoms with van der Waals surface area (Å²) in [5, 5.41) is 17.5. The average molecular weight is 439 g/mol. The first-order valence-corrected chi connectivity index (χ1v) is 11.6. The van der Waals surface area contributed by atoms with Crippen molar-refractivity contribution in [2.45, 2.75) is 58.6 Å². The van der Waals surface area contributed by atoms with Crippen LogP contribution in [0, 0.1) is 0 Å². The lowest BCUT2D eigenvalue weighted by Crippen LogP contribution is -2.45. The molecular weight excluding hydrogens is 400 g/mol. The van der Waals surface area contributed by atoms with E-state index in [-0.39, 0.29) is 12.2 Å². The number of nitrogens with one attached hydrogen (secondary N) is 2. The van der Waals surface area contributed by atoms with Crippen molar-refractivity contribution >= 4 is 5.96 Å². The maximum absolute atomic E-state index is 10.9. The van der Waals surface area contributed by atoms with Gasteiger partial charge in [0, 0.05) is 26.2 Å². The number of ether oxygens (including phenoxy) is 1. The highest BCUT2D eigenvalue weighted by Gasteiger charge is 2.24. The van der Waals surface area contributed by atoms with Crippen LogP contribution in [0.4, 0.5) is 0 Å². The minimum Gasteiger partial charge on any atom is -0.384 e. The van der Waals surface area contributed by atoms with Crippen LogP contribution in [-0.4, -0.2) is 54.4 Å². The molecule has 3 unspecified atom stereocenters. The molecule has 1 aliphatic heterocycles. The van der Waals surface area contributed by atoms with E-state index in [9.17, 15) is 5.11 Å². The van der Waals surface area contributed by atoms with Crippen molar-refractivity contribution < 1.29 is 9.84 Å². The molecule has 0 radical (unpaired) electrons. The molecule has 0 aliphatic carbocycles. The highest BCUT2D eigenvalue weighted by atomic mass is 16.5. The van der Waals surface area contributed by atoms with Crippen molar-refractivity contribution in [1.29, 1.82) is 0 Å². The van der Waals surface area contributed by atoms with Gasteiger partial charge in [0.15, 0.2) is 5.96 Å². The Morgan fingerprint density at radius 2 is 1.66 bits per heavy atom. The topological polar surface area (TPSA) is 69.1 Å². The van der Waals surface area contributed by atoms with E-state index in [0.29, 0.717) is 19.0 Å². The summed E-state index contributed by atoms with van der Waals surface area (Å²) in [5.74, 6) is 0.701. The number of morpholine rings is 1. The van der Waals surface area contributed by atoms with Crippen molar-refractivity contribution in [1.82, 2.24) is 15.5 Å². The van der Waals surface area contributed by atoms with Gasteiger partial charge in [0.05, 0.1) is 25.3 Å². The quantitative estimate of drug-likeness (QED) is 0.436. The Balaban J connectivity index is 1.66. The molecule has 174 valence electrons. The lowest BCUT2D eigenvalue weighted by atomic mass is 9.96. The van der Waals surface area contributed by atoms with Crippen LogP contribution in [0.5, 0.6) is 0 Å². The van der Waals surface area contributed by atoms with Gasteiger partial charge in [0.2, 0.25) is 0 Å². The largest absolute Gasteiger partial charge is 0.384 e. The van der Waals surface area contributed by atoms with Crippen molar-refractivity contribution in [3.05, 3.63) is 71.3 Å². The molecule has 3 rings (SSSR count). The second kappa shape index (κ2) is 11.5. The van der Waals surface area contributed by atoms with E-state index >= 15 is 0 Å². The third-order valence-electron chi connectivity index (χ3n) is 5.76. The van der Waals surface area contributed by atoms with Gasteiger partial charge in [-0.05, 0) is 44.4 Å². The van der Waals surface area contributed by atoms with E-state index in [1.165, 1.54) is 11.1 Å². The minimum absolute atomic E-state index is 0.255. The van der Waals surface area contributed by atoms with Gasteiger partial charge in [-0.3, -0.25) is 4.90 Å². The summed E-state index contributed by atoms with van der Waals surface area (Å²) < 4.78 is 5.88. The van der Waals surface area contributed by atoms with Crippen molar-refractivity contribution in [3.63, 3.8) is 0 Å². The molecule has 2 aromatic carbocycles. The third kappa shape index (κ3) is 7.05. The molecular formula is C26H38N4O2. The summed E-state index contributed by atoms with van der Waals surface area (Å²) in [6.45, 7) is 12.6.